The number of thioether (sulfide) groups is 1. The molecule has 0 heterocycles. The fraction of sp³-hybridized carbons (Fsp3) is 0.786. The molecule has 2 radical (unpaired) electrons. The number of aliphatic carboxylic acids is 1. The number of nitrogens with one attached hydrogen (secondary N) is 2. The molecular formula is C14H26N2O5SSi. The third-order valence-electron chi connectivity index (χ3n) is 2.58. The van der Waals surface area contributed by atoms with Crippen LogP contribution >= 0.6 is 11.8 Å². The van der Waals surface area contributed by atoms with Gasteiger partial charge in [-0.25, -0.2) is 4.79 Å². The van der Waals surface area contributed by atoms with Crippen molar-refractivity contribution in [3.63, 3.8) is 0 Å². The van der Waals surface area contributed by atoms with Gasteiger partial charge in [-0.05, 0) is 12.5 Å². The molecule has 0 rings (SSSR count). The average molecular weight is 363 g/mol. The van der Waals surface area contributed by atoms with E-state index in [2.05, 4.69) is 17.6 Å². The minimum Gasteiger partial charge on any atom is -0.481 e. The number of hydrogen-bond acceptors (Lipinski definition) is 5. The lowest BCUT2D eigenvalue weighted by Crippen LogP contribution is -2.31. The van der Waals surface area contributed by atoms with Gasteiger partial charge in [0.25, 0.3) is 0 Å². The molecule has 7 nitrogen and oxygen atoms in total. The topological polar surface area (TPSA) is 105 Å². The van der Waals surface area contributed by atoms with E-state index in [4.69, 9.17) is 9.84 Å². The number of carboxylic acid groups (broad SMARTS) is 1. The lowest BCUT2D eigenvalue weighted by atomic mass is 10.4. The molecule has 0 atom stereocenters. The monoisotopic (exact) mass is 362 g/mol. The van der Waals surface area contributed by atoms with E-state index in [0.29, 0.717) is 31.9 Å². The molecule has 3 N–H and O–H groups in total. The largest absolute Gasteiger partial charge is 0.481 e. The summed E-state index contributed by atoms with van der Waals surface area (Å²) in [5.41, 5.74) is 0. The number of amides is 2. The van der Waals surface area contributed by atoms with Gasteiger partial charge in [-0.2, -0.15) is 11.8 Å². The number of carboxylic acids is 1. The quantitative estimate of drug-likeness (QED) is 0.318. The van der Waals surface area contributed by atoms with Crippen LogP contribution in [0.1, 0.15) is 26.2 Å². The van der Waals surface area contributed by atoms with Crippen molar-refractivity contribution < 1.29 is 24.2 Å². The Kier molecular flexibility index (Phi) is 14.8. The summed E-state index contributed by atoms with van der Waals surface area (Å²) < 4.78 is 5.02. The van der Waals surface area contributed by atoms with Crippen molar-refractivity contribution in [2.75, 3.05) is 31.2 Å². The Bertz CT molecular complexity index is 358. The summed E-state index contributed by atoms with van der Waals surface area (Å²) >= 11 is 1.29. The second kappa shape index (κ2) is 15.7. The molecule has 23 heavy (non-hydrogen) atoms. The molecule has 0 aromatic carbocycles. The van der Waals surface area contributed by atoms with Crippen LogP contribution in [-0.4, -0.2) is 63.8 Å². The maximum absolute atomic E-state index is 11.4. The molecule has 9 heteroatoms. The van der Waals surface area contributed by atoms with Gasteiger partial charge in [0.1, 0.15) is 0 Å². The van der Waals surface area contributed by atoms with Crippen LogP contribution in [0.2, 0.25) is 12.1 Å². The van der Waals surface area contributed by atoms with Crippen LogP contribution in [0.5, 0.6) is 0 Å². The van der Waals surface area contributed by atoms with Crippen LogP contribution in [-0.2, 0) is 14.3 Å². The van der Waals surface area contributed by atoms with E-state index in [1.807, 2.05) is 0 Å². The average Bonchev–Trinajstić information content (AvgIpc) is 2.51. The number of carbonyl (C=O) groups is 3. The van der Waals surface area contributed by atoms with Crippen molar-refractivity contribution >= 4 is 39.3 Å². The maximum atomic E-state index is 11.4. The smallest absolute Gasteiger partial charge is 0.407 e. The Morgan fingerprint density at radius 2 is 1.91 bits per heavy atom. The number of alkyl carbamates (subject to hydrolysis) is 1. The first-order chi connectivity index (χ1) is 11.1. The van der Waals surface area contributed by atoms with Crippen molar-refractivity contribution in [2.24, 2.45) is 0 Å². The Morgan fingerprint density at radius 3 is 2.61 bits per heavy atom. The number of ether oxygens (including phenoxy) is 1. The number of hydrogen-bond donors (Lipinski definition) is 3. The second-order valence-electron chi connectivity index (χ2n) is 4.71. The van der Waals surface area contributed by atoms with E-state index in [1.54, 1.807) is 0 Å². The molecule has 0 unspecified atom stereocenters. The lowest BCUT2D eigenvalue weighted by Gasteiger charge is -2.07. The van der Waals surface area contributed by atoms with Crippen LogP contribution in [0.3, 0.4) is 0 Å². The molecule has 0 saturated carbocycles. The summed E-state index contributed by atoms with van der Waals surface area (Å²) in [6.45, 7) is 3.50. The van der Waals surface area contributed by atoms with Crippen molar-refractivity contribution in [1.29, 1.82) is 0 Å². The Labute approximate surface area is 144 Å². The van der Waals surface area contributed by atoms with Crippen LogP contribution in [0, 0.1) is 0 Å². The molecule has 0 fully saturated rings. The summed E-state index contributed by atoms with van der Waals surface area (Å²) in [5.74, 6) is -0.308. The highest BCUT2D eigenvalue weighted by atomic mass is 32.2. The molecular weight excluding hydrogens is 336 g/mol. The van der Waals surface area contributed by atoms with Crippen LogP contribution in [0.15, 0.2) is 0 Å². The van der Waals surface area contributed by atoms with E-state index < -0.39 is 12.1 Å². The Balaban J connectivity index is 3.35. The number of carbonyl (C=O) groups excluding carboxylic acids is 2. The number of rotatable bonds is 14. The molecule has 0 aliphatic heterocycles. The molecule has 0 bridgehead atoms. The van der Waals surface area contributed by atoms with E-state index in [1.165, 1.54) is 17.8 Å². The van der Waals surface area contributed by atoms with Gasteiger partial charge in [-0.15, -0.1) is 0 Å². The first kappa shape index (κ1) is 21.8. The summed E-state index contributed by atoms with van der Waals surface area (Å²) in [6.07, 6.45) is 1.43. The third kappa shape index (κ3) is 17.0. The maximum Gasteiger partial charge on any atom is 0.407 e. The lowest BCUT2D eigenvalue weighted by molar-refractivity contribution is -0.136. The summed E-state index contributed by atoms with van der Waals surface area (Å²) in [6, 6.07) is 2.09. The van der Waals surface area contributed by atoms with Crippen LogP contribution < -0.4 is 10.6 Å². The highest BCUT2D eigenvalue weighted by Gasteiger charge is 2.04. The molecule has 0 aromatic rings. The van der Waals surface area contributed by atoms with E-state index in [0.717, 1.165) is 22.0 Å². The first-order valence-corrected chi connectivity index (χ1v) is 10.3. The second-order valence-corrected chi connectivity index (χ2v) is 7.32. The summed E-state index contributed by atoms with van der Waals surface area (Å²) in [4.78, 5) is 33.1. The fourth-order valence-corrected chi connectivity index (χ4v) is 3.05. The predicted molar refractivity (Wildman–Crippen MR) is 92.2 cm³/mol. The van der Waals surface area contributed by atoms with E-state index in [9.17, 15) is 14.4 Å². The molecule has 132 valence electrons. The minimum atomic E-state index is -0.860. The zero-order valence-corrected chi connectivity index (χ0v) is 15.4. The molecule has 0 spiro atoms. The van der Waals surface area contributed by atoms with Crippen molar-refractivity contribution in [1.82, 2.24) is 10.6 Å². The minimum absolute atomic E-state index is 0.0585. The van der Waals surface area contributed by atoms with Gasteiger partial charge in [0.05, 0.1) is 18.8 Å². The fourth-order valence-electron chi connectivity index (χ4n) is 1.45. The van der Waals surface area contributed by atoms with Crippen molar-refractivity contribution in [2.45, 2.75) is 38.3 Å². The Hall–Kier alpha value is -1.22. The van der Waals surface area contributed by atoms with Gasteiger partial charge in [0.15, 0.2) is 0 Å². The summed E-state index contributed by atoms with van der Waals surface area (Å²) in [5, 5.41) is 13.8. The zero-order valence-electron chi connectivity index (χ0n) is 13.6. The first-order valence-electron chi connectivity index (χ1n) is 7.73. The highest BCUT2D eigenvalue weighted by Crippen LogP contribution is 2.01. The van der Waals surface area contributed by atoms with Gasteiger partial charge in [-0.3, -0.25) is 9.59 Å². The van der Waals surface area contributed by atoms with Crippen LogP contribution in [0.4, 0.5) is 4.79 Å². The van der Waals surface area contributed by atoms with Gasteiger partial charge >= 0.3 is 12.1 Å². The van der Waals surface area contributed by atoms with Gasteiger partial charge < -0.3 is 20.5 Å². The highest BCUT2D eigenvalue weighted by molar-refractivity contribution is 7.99. The molecule has 2 amide bonds. The standard InChI is InChI=1S/C14H26N2O5SSi/c1-2-9-23-10-7-21-14(20)16-6-3-5-15-12(17)11-22-8-4-13(18)19/h2-11H2,1H3,(H,15,17)(H,16,20)(H,18,19). The van der Waals surface area contributed by atoms with Crippen molar-refractivity contribution in [3.05, 3.63) is 0 Å². The molecule has 0 aromatic heterocycles. The van der Waals surface area contributed by atoms with E-state index >= 15 is 0 Å². The normalized spacial score (nSPS) is 10.1. The van der Waals surface area contributed by atoms with Crippen molar-refractivity contribution in [3.8, 4) is 0 Å². The zero-order chi connectivity index (χ0) is 17.3. The Morgan fingerprint density at radius 1 is 1.17 bits per heavy atom. The molecule has 0 aliphatic rings. The molecule has 0 saturated heterocycles. The SMILES string of the molecule is CCC[Si]CCOC(=O)NCCCNC(=O)CSCCC(=O)O. The van der Waals surface area contributed by atoms with Crippen LogP contribution in [0.25, 0.3) is 0 Å². The van der Waals surface area contributed by atoms with E-state index in [-0.39, 0.29) is 18.1 Å². The van der Waals surface area contributed by atoms with Gasteiger partial charge in [0, 0.05) is 28.4 Å². The van der Waals surface area contributed by atoms with Gasteiger partial charge in [-0.1, -0.05) is 19.4 Å². The summed E-state index contributed by atoms with van der Waals surface area (Å²) in [7, 11) is 0.842. The predicted octanol–water partition coefficient (Wildman–Crippen LogP) is 1.38. The molecule has 0 aliphatic carbocycles. The third-order valence-corrected chi connectivity index (χ3v) is 4.95. The van der Waals surface area contributed by atoms with Gasteiger partial charge in [0.2, 0.25) is 5.91 Å².